The summed E-state index contributed by atoms with van der Waals surface area (Å²) in [4.78, 5) is 30.1. The molecule has 0 saturated carbocycles. The normalized spacial score (nSPS) is 13.6. The Balaban J connectivity index is 1.71. The first-order valence-electron chi connectivity index (χ1n) is 8.05. The molecule has 25 heavy (non-hydrogen) atoms. The molecule has 1 N–H and O–H groups in total. The fraction of sp³-hybridized carbons (Fsp3) is 0.211. The molecule has 1 aromatic carbocycles. The number of carbonyl (C=O) groups excluding carboxylic acids is 2. The van der Waals surface area contributed by atoms with Crippen molar-refractivity contribution in [2.75, 3.05) is 18.4 Å². The van der Waals surface area contributed by atoms with E-state index in [1.165, 1.54) is 18.2 Å². The number of aromatic nitrogens is 1. The van der Waals surface area contributed by atoms with Gasteiger partial charge in [0.1, 0.15) is 5.82 Å². The number of hydrogen-bond donors (Lipinski definition) is 1. The first-order valence-corrected chi connectivity index (χ1v) is 8.05. The molecule has 2 heterocycles. The number of rotatable bonds is 4. The summed E-state index contributed by atoms with van der Waals surface area (Å²) in [7, 11) is 0. The van der Waals surface area contributed by atoms with Gasteiger partial charge >= 0.3 is 0 Å². The highest BCUT2D eigenvalue weighted by molar-refractivity contribution is 5.97. The minimum atomic E-state index is -0.558. The van der Waals surface area contributed by atoms with E-state index in [0.29, 0.717) is 13.1 Å². The Hall–Kier alpha value is -3.02. The van der Waals surface area contributed by atoms with Crippen LogP contribution in [-0.4, -0.2) is 34.8 Å². The lowest BCUT2D eigenvalue weighted by Crippen LogP contribution is -2.33. The second-order valence-corrected chi connectivity index (χ2v) is 5.82. The second kappa shape index (κ2) is 7.70. The molecule has 0 unspecified atom stereocenters. The summed E-state index contributed by atoms with van der Waals surface area (Å²) < 4.78 is 13.9. The lowest BCUT2D eigenvalue weighted by atomic mass is 10.1. The minimum absolute atomic E-state index is 0.152. The number of halogens is 1. The first kappa shape index (κ1) is 16.8. The SMILES string of the molecule is O=C(Cc1ccncc1)Nc1cc(F)cc(C(=O)N2CC=CCC2)c1. The van der Waals surface area contributed by atoms with Crippen molar-refractivity contribution in [3.05, 3.63) is 71.8 Å². The minimum Gasteiger partial charge on any atom is -0.335 e. The van der Waals surface area contributed by atoms with Crippen LogP contribution in [0.4, 0.5) is 10.1 Å². The summed E-state index contributed by atoms with van der Waals surface area (Å²) in [5.74, 6) is -1.08. The molecule has 0 radical (unpaired) electrons. The van der Waals surface area contributed by atoms with Gasteiger partial charge in [-0.1, -0.05) is 12.2 Å². The van der Waals surface area contributed by atoms with Crippen molar-refractivity contribution in [3.63, 3.8) is 0 Å². The molecule has 3 rings (SSSR count). The lowest BCUT2D eigenvalue weighted by molar-refractivity contribution is -0.115. The van der Waals surface area contributed by atoms with Crippen molar-refractivity contribution < 1.29 is 14.0 Å². The highest BCUT2D eigenvalue weighted by atomic mass is 19.1. The van der Waals surface area contributed by atoms with E-state index in [0.717, 1.165) is 12.0 Å². The van der Waals surface area contributed by atoms with Gasteiger partial charge in [0.05, 0.1) is 6.42 Å². The molecule has 0 saturated heterocycles. The number of amides is 2. The molecule has 1 aliphatic heterocycles. The van der Waals surface area contributed by atoms with E-state index < -0.39 is 5.82 Å². The van der Waals surface area contributed by atoms with Crippen molar-refractivity contribution in [1.29, 1.82) is 0 Å². The average Bonchev–Trinajstić information content (AvgIpc) is 2.62. The fourth-order valence-electron chi connectivity index (χ4n) is 2.68. The van der Waals surface area contributed by atoms with Gasteiger partial charge < -0.3 is 10.2 Å². The van der Waals surface area contributed by atoms with Gasteiger partial charge in [-0.3, -0.25) is 14.6 Å². The van der Waals surface area contributed by atoms with Gasteiger partial charge in [-0.25, -0.2) is 4.39 Å². The van der Waals surface area contributed by atoms with Crippen LogP contribution in [0.15, 0.2) is 54.9 Å². The monoisotopic (exact) mass is 339 g/mol. The smallest absolute Gasteiger partial charge is 0.254 e. The Labute approximate surface area is 145 Å². The lowest BCUT2D eigenvalue weighted by Gasteiger charge is -2.23. The Morgan fingerprint density at radius 2 is 1.96 bits per heavy atom. The van der Waals surface area contributed by atoms with Crippen LogP contribution in [0.25, 0.3) is 0 Å². The van der Waals surface area contributed by atoms with Crippen LogP contribution in [0.1, 0.15) is 22.3 Å². The van der Waals surface area contributed by atoms with Crippen LogP contribution in [0.5, 0.6) is 0 Å². The van der Waals surface area contributed by atoms with E-state index in [1.807, 2.05) is 12.2 Å². The van der Waals surface area contributed by atoms with Crippen LogP contribution in [0.3, 0.4) is 0 Å². The largest absolute Gasteiger partial charge is 0.335 e. The number of nitrogens with one attached hydrogen (secondary N) is 1. The van der Waals surface area contributed by atoms with E-state index in [2.05, 4.69) is 10.3 Å². The third kappa shape index (κ3) is 4.50. The summed E-state index contributed by atoms with van der Waals surface area (Å²) >= 11 is 0. The van der Waals surface area contributed by atoms with Gasteiger partial charge in [-0.05, 0) is 42.3 Å². The highest BCUT2D eigenvalue weighted by Crippen LogP contribution is 2.17. The Bertz CT molecular complexity index is 806. The van der Waals surface area contributed by atoms with E-state index in [1.54, 1.807) is 29.4 Å². The van der Waals surface area contributed by atoms with Crippen LogP contribution in [-0.2, 0) is 11.2 Å². The van der Waals surface area contributed by atoms with Crippen molar-refractivity contribution in [3.8, 4) is 0 Å². The molecule has 0 aliphatic carbocycles. The second-order valence-electron chi connectivity index (χ2n) is 5.82. The highest BCUT2D eigenvalue weighted by Gasteiger charge is 2.18. The van der Waals surface area contributed by atoms with Crippen molar-refractivity contribution >= 4 is 17.5 Å². The Morgan fingerprint density at radius 3 is 2.68 bits per heavy atom. The summed E-state index contributed by atoms with van der Waals surface area (Å²) in [6, 6.07) is 7.39. The molecule has 5 nitrogen and oxygen atoms in total. The van der Waals surface area contributed by atoms with Gasteiger partial charge in [0.2, 0.25) is 5.91 Å². The molecule has 0 spiro atoms. The van der Waals surface area contributed by atoms with Gasteiger partial charge in [0.15, 0.2) is 0 Å². The quantitative estimate of drug-likeness (QED) is 0.871. The van der Waals surface area contributed by atoms with E-state index >= 15 is 0 Å². The van der Waals surface area contributed by atoms with Crippen molar-refractivity contribution in [2.45, 2.75) is 12.8 Å². The number of carbonyl (C=O) groups is 2. The maximum atomic E-state index is 13.9. The van der Waals surface area contributed by atoms with Gasteiger partial charge in [0, 0.05) is 36.7 Å². The number of benzene rings is 1. The third-order valence-electron chi connectivity index (χ3n) is 3.89. The summed E-state index contributed by atoms with van der Waals surface area (Å²) in [6.07, 6.45) is 8.08. The predicted molar refractivity (Wildman–Crippen MR) is 92.6 cm³/mol. The molecule has 1 aromatic heterocycles. The molecular formula is C19H18FN3O2. The molecule has 6 heteroatoms. The van der Waals surface area contributed by atoms with Crippen LogP contribution >= 0.6 is 0 Å². The third-order valence-corrected chi connectivity index (χ3v) is 3.89. The molecule has 128 valence electrons. The number of hydrogen-bond acceptors (Lipinski definition) is 3. The summed E-state index contributed by atoms with van der Waals surface area (Å²) in [5, 5.41) is 2.65. The van der Waals surface area contributed by atoms with Crippen molar-refractivity contribution in [2.24, 2.45) is 0 Å². The van der Waals surface area contributed by atoms with E-state index in [9.17, 15) is 14.0 Å². The first-order chi connectivity index (χ1) is 12.1. The fourth-order valence-corrected chi connectivity index (χ4v) is 2.68. The summed E-state index contributed by atoms with van der Waals surface area (Å²) in [6.45, 7) is 1.12. The molecule has 2 aromatic rings. The zero-order valence-corrected chi connectivity index (χ0v) is 13.6. The molecule has 0 fully saturated rings. The standard InChI is InChI=1S/C19H18FN3O2/c20-16-11-15(19(25)23-8-2-1-3-9-23)12-17(13-16)22-18(24)10-14-4-6-21-7-5-14/h1-2,4-7,11-13H,3,8-10H2,(H,22,24). The predicted octanol–water partition coefficient (Wildman–Crippen LogP) is 2.80. The topological polar surface area (TPSA) is 62.3 Å². The van der Waals surface area contributed by atoms with Gasteiger partial charge in [-0.15, -0.1) is 0 Å². The summed E-state index contributed by atoms with van der Waals surface area (Å²) in [5.41, 5.74) is 1.31. The Kier molecular flexibility index (Phi) is 5.18. The van der Waals surface area contributed by atoms with Crippen molar-refractivity contribution in [1.82, 2.24) is 9.88 Å². The van der Waals surface area contributed by atoms with Crippen LogP contribution < -0.4 is 5.32 Å². The van der Waals surface area contributed by atoms with Crippen LogP contribution in [0.2, 0.25) is 0 Å². The Morgan fingerprint density at radius 1 is 1.16 bits per heavy atom. The number of anilines is 1. The maximum Gasteiger partial charge on any atom is 0.254 e. The van der Waals surface area contributed by atoms with Crippen LogP contribution in [0, 0.1) is 5.82 Å². The molecule has 1 aliphatic rings. The van der Waals surface area contributed by atoms with E-state index in [-0.39, 0.29) is 29.5 Å². The maximum absolute atomic E-state index is 13.9. The average molecular weight is 339 g/mol. The van der Waals surface area contributed by atoms with Gasteiger partial charge in [0.25, 0.3) is 5.91 Å². The van der Waals surface area contributed by atoms with E-state index in [4.69, 9.17) is 0 Å². The number of nitrogens with zero attached hydrogens (tertiary/aromatic N) is 2. The molecule has 2 amide bonds. The molecular weight excluding hydrogens is 321 g/mol. The molecule has 0 atom stereocenters. The molecule has 0 bridgehead atoms. The zero-order valence-electron chi connectivity index (χ0n) is 13.6. The number of pyridine rings is 1. The zero-order chi connectivity index (χ0) is 17.6. The van der Waals surface area contributed by atoms with Gasteiger partial charge in [-0.2, -0.15) is 0 Å².